The van der Waals surface area contributed by atoms with E-state index in [9.17, 15) is 5.11 Å². The summed E-state index contributed by atoms with van der Waals surface area (Å²) in [6, 6.07) is 0.102. The molecule has 0 aromatic rings. The molecule has 4 heteroatoms. The van der Waals surface area contributed by atoms with Gasteiger partial charge in [0.1, 0.15) is 0 Å². The Bertz CT molecular complexity index is 154. The molecule has 0 saturated carbocycles. The second kappa shape index (κ2) is 7.17. The number of ether oxygens (including phenoxy) is 1. The Morgan fingerprint density at radius 1 is 1.40 bits per heavy atom. The van der Waals surface area contributed by atoms with Gasteiger partial charge in [0.05, 0.1) is 12.2 Å². The monoisotopic (exact) mass is 219 g/mol. The number of hydrogen-bond donors (Lipinski definition) is 3. The Balaban J connectivity index is 3.97. The van der Waals surface area contributed by atoms with E-state index < -0.39 is 5.60 Å². The average Bonchev–Trinajstić information content (AvgIpc) is 2.15. The van der Waals surface area contributed by atoms with E-state index in [1.54, 1.807) is 7.11 Å². The van der Waals surface area contributed by atoms with E-state index in [1.165, 1.54) is 0 Å². The second-order valence-corrected chi connectivity index (χ2v) is 4.56. The van der Waals surface area contributed by atoms with Crippen molar-refractivity contribution in [3.8, 4) is 0 Å². The van der Waals surface area contributed by atoms with Crippen LogP contribution < -0.4 is 5.32 Å². The average molecular weight is 219 g/mol. The lowest BCUT2D eigenvalue weighted by Crippen LogP contribution is -2.47. The molecule has 0 aromatic carbocycles. The number of aliphatic hydroxyl groups is 2. The van der Waals surface area contributed by atoms with Crippen LogP contribution in [0.25, 0.3) is 0 Å². The quantitative estimate of drug-likeness (QED) is 0.552. The Hall–Kier alpha value is -0.160. The van der Waals surface area contributed by atoms with Crippen molar-refractivity contribution in [2.75, 3.05) is 26.9 Å². The van der Waals surface area contributed by atoms with E-state index in [0.717, 1.165) is 0 Å². The van der Waals surface area contributed by atoms with Gasteiger partial charge in [-0.15, -0.1) is 0 Å². The van der Waals surface area contributed by atoms with Crippen LogP contribution in [0.5, 0.6) is 0 Å². The first-order chi connectivity index (χ1) is 6.94. The topological polar surface area (TPSA) is 61.7 Å². The zero-order chi connectivity index (χ0) is 11.9. The van der Waals surface area contributed by atoms with E-state index >= 15 is 0 Å². The molecule has 0 radical (unpaired) electrons. The lowest BCUT2D eigenvalue weighted by atomic mass is 9.92. The summed E-state index contributed by atoms with van der Waals surface area (Å²) in [6.45, 7) is 6.98. The molecule has 0 aliphatic rings. The summed E-state index contributed by atoms with van der Waals surface area (Å²) < 4.78 is 5.03. The lowest BCUT2D eigenvalue weighted by molar-refractivity contribution is 0.00797. The van der Waals surface area contributed by atoms with Gasteiger partial charge in [0.25, 0.3) is 0 Å². The fourth-order valence-electron chi connectivity index (χ4n) is 1.16. The van der Waals surface area contributed by atoms with Gasteiger partial charge < -0.3 is 20.3 Å². The maximum absolute atomic E-state index is 10.0. The van der Waals surface area contributed by atoms with E-state index in [1.807, 2.05) is 20.8 Å². The first-order valence-corrected chi connectivity index (χ1v) is 5.49. The van der Waals surface area contributed by atoms with E-state index in [4.69, 9.17) is 9.84 Å². The van der Waals surface area contributed by atoms with Gasteiger partial charge >= 0.3 is 0 Å². The first-order valence-electron chi connectivity index (χ1n) is 5.49. The molecule has 15 heavy (non-hydrogen) atoms. The minimum Gasteiger partial charge on any atom is -0.396 e. The molecular formula is C11H25NO3. The summed E-state index contributed by atoms with van der Waals surface area (Å²) in [6.07, 6.45) is 0.641. The molecule has 4 nitrogen and oxygen atoms in total. The van der Waals surface area contributed by atoms with Gasteiger partial charge in [0.15, 0.2) is 0 Å². The summed E-state index contributed by atoms with van der Waals surface area (Å²) in [4.78, 5) is 0. The van der Waals surface area contributed by atoms with Crippen LogP contribution in [0.15, 0.2) is 0 Å². The predicted molar refractivity (Wildman–Crippen MR) is 60.8 cm³/mol. The highest BCUT2D eigenvalue weighted by Gasteiger charge is 2.25. The number of rotatable bonds is 8. The minimum atomic E-state index is -0.721. The van der Waals surface area contributed by atoms with Gasteiger partial charge in [-0.2, -0.15) is 0 Å². The Kier molecular flexibility index (Phi) is 7.09. The van der Waals surface area contributed by atoms with Gasteiger partial charge in [0, 0.05) is 26.3 Å². The van der Waals surface area contributed by atoms with Crippen molar-refractivity contribution in [3.05, 3.63) is 0 Å². The van der Waals surface area contributed by atoms with Crippen LogP contribution in [-0.4, -0.2) is 48.7 Å². The van der Waals surface area contributed by atoms with Gasteiger partial charge in [-0.25, -0.2) is 0 Å². The molecule has 0 amide bonds. The molecule has 0 aliphatic heterocycles. The molecule has 0 saturated heterocycles. The van der Waals surface area contributed by atoms with Crippen LogP contribution in [0.4, 0.5) is 0 Å². The molecule has 0 heterocycles. The van der Waals surface area contributed by atoms with Crippen molar-refractivity contribution in [2.24, 2.45) is 5.92 Å². The Morgan fingerprint density at radius 3 is 2.40 bits per heavy atom. The van der Waals surface area contributed by atoms with Crippen LogP contribution in [-0.2, 0) is 4.74 Å². The third-order valence-electron chi connectivity index (χ3n) is 2.84. The summed E-state index contributed by atoms with van der Waals surface area (Å²) in [7, 11) is 1.63. The number of methoxy groups -OCH3 is 1. The molecule has 0 bridgehead atoms. The molecule has 0 fully saturated rings. The highest BCUT2D eigenvalue weighted by atomic mass is 16.5. The molecule has 0 aromatic heterocycles. The van der Waals surface area contributed by atoms with Crippen molar-refractivity contribution in [1.82, 2.24) is 5.32 Å². The molecule has 92 valence electrons. The molecule has 0 spiro atoms. The van der Waals surface area contributed by atoms with Gasteiger partial charge in [-0.1, -0.05) is 13.8 Å². The van der Waals surface area contributed by atoms with Crippen LogP contribution >= 0.6 is 0 Å². The normalized spacial score (nSPS) is 17.8. The zero-order valence-electron chi connectivity index (χ0n) is 10.3. The van der Waals surface area contributed by atoms with Gasteiger partial charge in [0.2, 0.25) is 0 Å². The highest BCUT2D eigenvalue weighted by molar-refractivity contribution is 4.81. The largest absolute Gasteiger partial charge is 0.396 e. The predicted octanol–water partition coefficient (Wildman–Crippen LogP) is 0.380. The third kappa shape index (κ3) is 6.10. The standard InChI is InChI=1S/C11H25NO3/c1-9(2)11(3,14)8-12-10(5-6-13)7-15-4/h9-10,12-14H,5-8H2,1-4H3. The van der Waals surface area contributed by atoms with Crippen LogP contribution in [0.2, 0.25) is 0 Å². The van der Waals surface area contributed by atoms with Crippen LogP contribution in [0.3, 0.4) is 0 Å². The fourth-order valence-corrected chi connectivity index (χ4v) is 1.16. The summed E-state index contributed by atoms with van der Waals surface area (Å²) in [5, 5.41) is 22.1. The molecular weight excluding hydrogens is 194 g/mol. The first kappa shape index (κ1) is 14.8. The lowest BCUT2D eigenvalue weighted by Gasteiger charge is -2.30. The fraction of sp³-hybridized carbons (Fsp3) is 1.00. The SMILES string of the molecule is COCC(CCO)NCC(C)(O)C(C)C. The van der Waals surface area contributed by atoms with Gasteiger partial charge in [-0.3, -0.25) is 0 Å². The van der Waals surface area contributed by atoms with Crippen molar-refractivity contribution in [2.45, 2.75) is 38.8 Å². The molecule has 0 aliphatic carbocycles. The summed E-state index contributed by atoms with van der Waals surface area (Å²) in [5.74, 6) is 0.197. The number of nitrogens with one attached hydrogen (secondary N) is 1. The number of aliphatic hydroxyl groups excluding tert-OH is 1. The van der Waals surface area contributed by atoms with Crippen molar-refractivity contribution < 1.29 is 14.9 Å². The highest BCUT2D eigenvalue weighted by Crippen LogP contribution is 2.14. The Morgan fingerprint density at radius 2 is 2.00 bits per heavy atom. The smallest absolute Gasteiger partial charge is 0.0766 e. The summed E-state index contributed by atoms with van der Waals surface area (Å²) >= 11 is 0. The Labute approximate surface area is 92.6 Å². The van der Waals surface area contributed by atoms with E-state index in [-0.39, 0.29) is 18.6 Å². The zero-order valence-corrected chi connectivity index (χ0v) is 10.3. The molecule has 3 N–H and O–H groups in total. The van der Waals surface area contributed by atoms with E-state index in [2.05, 4.69) is 5.32 Å². The van der Waals surface area contributed by atoms with E-state index in [0.29, 0.717) is 19.6 Å². The number of hydrogen-bond acceptors (Lipinski definition) is 4. The summed E-state index contributed by atoms with van der Waals surface area (Å²) in [5.41, 5.74) is -0.721. The van der Waals surface area contributed by atoms with Gasteiger partial charge in [-0.05, 0) is 19.3 Å². The maximum atomic E-state index is 10.0. The third-order valence-corrected chi connectivity index (χ3v) is 2.84. The minimum absolute atomic E-state index is 0.102. The van der Waals surface area contributed by atoms with Crippen molar-refractivity contribution in [1.29, 1.82) is 0 Å². The second-order valence-electron chi connectivity index (χ2n) is 4.56. The maximum Gasteiger partial charge on any atom is 0.0766 e. The van der Waals surface area contributed by atoms with Crippen molar-refractivity contribution >= 4 is 0 Å². The molecule has 2 unspecified atom stereocenters. The van der Waals surface area contributed by atoms with Crippen LogP contribution in [0, 0.1) is 5.92 Å². The van der Waals surface area contributed by atoms with Crippen LogP contribution in [0.1, 0.15) is 27.2 Å². The molecule has 0 rings (SSSR count). The van der Waals surface area contributed by atoms with Crippen molar-refractivity contribution in [3.63, 3.8) is 0 Å². The molecule has 2 atom stereocenters.